The average molecular weight is 311 g/mol. The lowest BCUT2D eigenvalue weighted by atomic mass is 10.1. The van der Waals surface area contributed by atoms with Gasteiger partial charge in [0.05, 0.1) is 0 Å². The molecule has 0 atom stereocenters. The number of ether oxygens (including phenoxy) is 1. The Morgan fingerprint density at radius 3 is 2.36 bits per heavy atom. The number of ketones is 2. The fraction of sp³-hybridized carbons (Fsp3) is 0. The first-order chi connectivity index (χ1) is 10.6. The van der Waals surface area contributed by atoms with Crippen LogP contribution < -0.4 is 0 Å². The average Bonchev–Trinajstić information content (AvgIpc) is 2.90. The van der Waals surface area contributed by atoms with Gasteiger partial charge in [0, 0.05) is 28.3 Å². The molecule has 0 aromatic heterocycles. The van der Waals surface area contributed by atoms with E-state index in [1.165, 1.54) is 12.2 Å². The molecule has 0 amide bonds. The number of hydrogen-bond acceptors (Lipinski definition) is 3. The quantitative estimate of drug-likeness (QED) is 0.634. The number of carbonyl (C=O) groups is 2. The van der Waals surface area contributed by atoms with E-state index in [1.54, 1.807) is 24.3 Å². The maximum atomic E-state index is 12.1. The Kier molecular flexibility index (Phi) is 3.90. The van der Waals surface area contributed by atoms with Gasteiger partial charge in [0.1, 0.15) is 5.76 Å². The first-order valence-corrected chi connectivity index (χ1v) is 7.02. The van der Waals surface area contributed by atoms with E-state index in [0.29, 0.717) is 16.3 Å². The number of carbonyl (C=O) groups excluding carboxylic acids is 2. The van der Waals surface area contributed by atoms with Crippen molar-refractivity contribution in [2.75, 3.05) is 0 Å². The minimum Gasteiger partial charge on any atom is -0.452 e. The monoisotopic (exact) mass is 310 g/mol. The molecular formula is C18H11ClO3. The standard InChI is InChI=1S/C18H11ClO3/c19-14-8-6-12(7-9-14)15(20)10-18-16(21)11-17(22-18)13-4-2-1-3-5-13/h1-11H/b18-10-. The van der Waals surface area contributed by atoms with E-state index in [-0.39, 0.29) is 17.3 Å². The second kappa shape index (κ2) is 6.00. The molecule has 108 valence electrons. The summed E-state index contributed by atoms with van der Waals surface area (Å²) in [7, 11) is 0. The van der Waals surface area contributed by atoms with Gasteiger partial charge in [-0.2, -0.15) is 0 Å². The van der Waals surface area contributed by atoms with Crippen LogP contribution in [-0.4, -0.2) is 11.6 Å². The van der Waals surface area contributed by atoms with Gasteiger partial charge in [0.25, 0.3) is 0 Å². The van der Waals surface area contributed by atoms with Crippen LogP contribution >= 0.6 is 11.6 Å². The molecule has 1 aliphatic heterocycles. The van der Waals surface area contributed by atoms with Crippen molar-refractivity contribution in [3.63, 3.8) is 0 Å². The third kappa shape index (κ3) is 3.00. The molecule has 0 radical (unpaired) electrons. The predicted molar refractivity (Wildman–Crippen MR) is 84.4 cm³/mol. The van der Waals surface area contributed by atoms with Crippen LogP contribution in [0.1, 0.15) is 15.9 Å². The normalized spacial score (nSPS) is 15.6. The summed E-state index contributed by atoms with van der Waals surface area (Å²) < 4.78 is 5.50. The maximum Gasteiger partial charge on any atom is 0.224 e. The van der Waals surface area contributed by atoms with Gasteiger partial charge in [-0.25, -0.2) is 0 Å². The second-order valence-corrected chi connectivity index (χ2v) is 5.16. The molecule has 0 N–H and O–H groups in total. The van der Waals surface area contributed by atoms with Crippen LogP contribution in [0, 0.1) is 0 Å². The molecule has 0 aliphatic carbocycles. The summed E-state index contributed by atoms with van der Waals surface area (Å²) in [5, 5.41) is 0.547. The SMILES string of the molecule is O=C1C=C(c2ccccc2)O/C1=C\C(=O)c1ccc(Cl)cc1. The van der Waals surface area contributed by atoms with Gasteiger partial charge < -0.3 is 4.74 Å². The van der Waals surface area contributed by atoms with Crippen molar-refractivity contribution in [2.45, 2.75) is 0 Å². The number of halogens is 1. The van der Waals surface area contributed by atoms with Crippen molar-refractivity contribution in [1.29, 1.82) is 0 Å². The minimum atomic E-state index is -0.318. The van der Waals surface area contributed by atoms with Gasteiger partial charge in [-0.05, 0) is 24.3 Å². The molecule has 1 heterocycles. The lowest BCUT2D eigenvalue weighted by molar-refractivity contribution is -0.112. The van der Waals surface area contributed by atoms with Crippen molar-refractivity contribution in [3.8, 4) is 0 Å². The second-order valence-electron chi connectivity index (χ2n) is 4.72. The molecule has 0 saturated heterocycles. The van der Waals surface area contributed by atoms with Crippen LogP contribution in [0.15, 0.2) is 72.5 Å². The van der Waals surface area contributed by atoms with Gasteiger partial charge in [0.2, 0.25) is 5.78 Å². The van der Waals surface area contributed by atoms with Crippen LogP contribution in [0.5, 0.6) is 0 Å². The molecule has 1 aliphatic rings. The Bertz CT molecular complexity index is 787. The van der Waals surface area contributed by atoms with Crippen LogP contribution in [-0.2, 0) is 9.53 Å². The zero-order chi connectivity index (χ0) is 15.5. The Morgan fingerprint density at radius 2 is 1.68 bits per heavy atom. The summed E-state index contributed by atoms with van der Waals surface area (Å²) in [6.07, 6.45) is 2.59. The first-order valence-electron chi connectivity index (χ1n) is 6.64. The summed E-state index contributed by atoms with van der Waals surface area (Å²) in [4.78, 5) is 24.1. The first kappa shape index (κ1) is 14.3. The minimum absolute atomic E-state index is 0.0267. The molecule has 0 fully saturated rings. The van der Waals surface area contributed by atoms with E-state index in [2.05, 4.69) is 0 Å². The van der Waals surface area contributed by atoms with Crippen LogP contribution in [0.25, 0.3) is 5.76 Å². The molecule has 3 rings (SSSR count). The Balaban J connectivity index is 1.81. The number of rotatable bonds is 3. The maximum absolute atomic E-state index is 12.1. The molecular weight excluding hydrogens is 300 g/mol. The van der Waals surface area contributed by atoms with E-state index in [9.17, 15) is 9.59 Å². The van der Waals surface area contributed by atoms with Gasteiger partial charge in [-0.1, -0.05) is 41.9 Å². The summed E-state index contributed by atoms with van der Waals surface area (Å²) in [5.74, 6) is -0.150. The highest BCUT2D eigenvalue weighted by Gasteiger charge is 2.23. The van der Waals surface area contributed by atoms with E-state index in [0.717, 1.165) is 5.56 Å². The van der Waals surface area contributed by atoms with Crippen molar-refractivity contribution >= 4 is 28.9 Å². The Hall–Kier alpha value is -2.65. The van der Waals surface area contributed by atoms with Gasteiger partial charge >= 0.3 is 0 Å². The molecule has 3 nitrogen and oxygen atoms in total. The highest BCUT2D eigenvalue weighted by molar-refractivity contribution is 6.30. The lowest BCUT2D eigenvalue weighted by Gasteiger charge is -2.03. The number of benzene rings is 2. The zero-order valence-electron chi connectivity index (χ0n) is 11.5. The molecule has 0 unspecified atom stereocenters. The third-order valence-electron chi connectivity index (χ3n) is 3.17. The van der Waals surface area contributed by atoms with Gasteiger partial charge in [-0.15, -0.1) is 0 Å². The van der Waals surface area contributed by atoms with E-state index < -0.39 is 0 Å². The topological polar surface area (TPSA) is 43.4 Å². The summed E-state index contributed by atoms with van der Waals surface area (Å²) in [5.41, 5.74) is 1.24. The van der Waals surface area contributed by atoms with Crippen molar-refractivity contribution < 1.29 is 14.3 Å². The van der Waals surface area contributed by atoms with Gasteiger partial charge in [0.15, 0.2) is 11.5 Å². The van der Waals surface area contributed by atoms with Crippen molar-refractivity contribution in [2.24, 2.45) is 0 Å². The lowest BCUT2D eigenvalue weighted by Crippen LogP contribution is -2.01. The third-order valence-corrected chi connectivity index (χ3v) is 3.43. The summed E-state index contributed by atoms with van der Waals surface area (Å²) in [6, 6.07) is 15.7. The zero-order valence-corrected chi connectivity index (χ0v) is 12.2. The molecule has 2 aromatic carbocycles. The summed E-state index contributed by atoms with van der Waals surface area (Å²) in [6.45, 7) is 0. The van der Waals surface area contributed by atoms with Crippen LogP contribution in [0.4, 0.5) is 0 Å². The number of hydrogen-bond donors (Lipinski definition) is 0. The van der Waals surface area contributed by atoms with E-state index in [1.807, 2.05) is 30.3 Å². The molecule has 22 heavy (non-hydrogen) atoms. The van der Waals surface area contributed by atoms with E-state index >= 15 is 0 Å². The fourth-order valence-electron chi connectivity index (χ4n) is 2.05. The van der Waals surface area contributed by atoms with Crippen molar-refractivity contribution in [3.05, 3.63) is 88.7 Å². The van der Waals surface area contributed by atoms with Crippen LogP contribution in [0.2, 0.25) is 5.02 Å². The highest BCUT2D eigenvalue weighted by Crippen LogP contribution is 2.26. The number of allylic oxidation sites excluding steroid dienone is 2. The smallest absolute Gasteiger partial charge is 0.224 e. The largest absolute Gasteiger partial charge is 0.452 e. The molecule has 4 heteroatoms. The fourth-order valence-corrected chi connectivity index (χ4v) is 2.18. The van der Waals surface area contributed by atoms with Gasteiger partial charge in [-0.3, -0.25) is 9.59 Å². The molecule has 0 bridgehead atoms. The molecule has 0 saturated carbocycles. The van der Waals surface area contributed by atoms with Crippen LogP contribution in [0.3, 0.4) is 0 Å². The Labute approximate surface area is 132 Å². The highest BCUT2D eigenvalue weighted by atomic mass is 35.5. The summed E-state index contributed by atoms with van der Waals surface area (Å²) >= 11 is 5.78. The Morgan fingerprint density at radius 1 is 1.00 bits per heavy atom. The van der Waals surface area contributed by atoms with Crippen molar-refractivity contribution in [1.82, 2.24) is 0 Å². The molecule has 2 aromatic rings. The van der Waals surface area contributed by atoms with E-state index in [4.69, 9.17) is 16.3 Å². The molecule has 0 spiro atoms. The predicted octanol–water partition coefficient (Wildman–Crippen LogP) is 4.05.